The number of halogens is 2. The topological polar surface area (TPSA) is 54.6 Å². The lowest BCUT2D eigenvalue weighted by molar-refractivity contribution is 0.0929. The summed E-state index contributed by atoms with van der Waals surface area (Å²) in [6, 6.07) is 11.1. The molecule has 21 heavy (non-hydrogen) atoms. The van der Waals surface area contributed by atoms with Crippen LogP contribution in [0.4, 0.5) is 0 Å². The molecule has 0 saturated carbocycles. The molecular formula is C14H8Br2N2O2S. The number of fused-ring (bicyclic) bond motifs is 1. The van der Waals surface area contributed by atoms with Gasteiger partial charge in [-0.1, -0.05) is 15.9 Å². The summed E-state index contributed by atoms with van der Waals surface area (Å²) in [5.41, 5.74) is 3.11. The van der Waals surface area contributed by atoms with E-state index in [-0.39, 0.29) is 11.7 Å². The molecule has 1 N–H and O–H groups in total. The fourth-order valence-electron chi connectivity index (χ4n) is 1.73. The summed E-state index contributed by atoms with van der Waals surface area (Å²) >= 11 is 8.27. The number of rotatable bonds is 3. The molecule has 2 aromatic heterocycles. The average Bonchev–Trinajstić information content (AvgIpc) is 3.04. The lowest BCUT2D eigenvalue weighted by Gasteiger charge is -1.93. The minimum atomic E-state index is -0.380. The van der Waals surface area contributed by atoms with Gasteiger partial charge in [-0.2, -0.15) is 5.10 Å². The van der Waals surface area contributed by atoms with Gasteiger partial charge in [0.1, 0.15) is 5.58 Å². The van der Waals surface area contributed by atoms with Gasteiger partial charge in [-0.25, -0.2) is 5.43 Å². The maximum absolute atomic E-state index is 12.0. The largest absolute Gasteiger partial charge is 0.451 e. The molecule has 7 heteroatoms. The predicted octanol–water partition coefficient (Wildman–Crippen LogP) is 4.78. The molecule has 1 amide bonds. The SMILES string of the molecule is O=C(N/N=C\c1ccc(Br)s1)c1cc2cc(Br)ccc2o1. The van der Waals surface area contributed by atoms with Crippen molar-refractivity contribution in [2.45, 2.75) is 0 Å². The van der Waals surface area contributed by atoms with Gasteiger partial charge in [0.15, 0.2) is 5.76 Å². The Morgan fingerprint density at radius 2 is 2.10 bits per heavy atom. The first kappa shape index (κ1) is 14.5. The molecule has 0 saturated heterocycles. The van der Waals surface area contributed by atoms with Crippen molar-refractivity contribution < 1.29 is 9.21 Å². The number of hydrazone groups is 1. The van der Waals surface area contributed by atoms with Crippen LogP contribution in [0, 0.1) is 0 Å². The second kappa shape index (κ2) is 6.13. The number of thiophene rings is 1. The molecule has 0 radical (unpaired) electrons. The van der Waals surface area contributed by atoms with Gasteiger partial charge in [0.05, 0.1) is 10.0 Å². The summed E-state index contributed by atoms with van der Waals surface area (Å²) in [5.74, 6) is -0.151. The highest BCUT2D eigenvalue weighted by atomic mass is 79.9. The minimum absolute atomic E-state index is 0.229. The van der Waals surface area contributed by atoms with Gasteiger partial charge in [0, 0.05) is 14.7 Å². The first-order valence-electron chi connectivity index (χ1n) is 5.90. The van der Waals surface area contributed by atoms with E-state index in [1.807, 2.05) is 30.3 Å². The summed E-state index contributed by atoms with van der Waals surface area (Å²) < 4.78 is 7.43. The fourth-order valence-corrected chi connectivity index (χ4v) is 3.41. The molecule has 0 atom stereocenters. The number of amides is 1. The van der Waals surface area contributed by atoms with Crippen molar-refractivity contribution in [3.63, 3.8) is 0 Å². The smallest absolute Gasteiger partial charge is 0.307 e. The van der Waals surface area contributed by atoms with Gasteiger partial charge in [-0.3, -0.25) is 4.79 Å². The van der Waals surface area contributed by atoms with Crippen molar-refractivity contribution in [3.05, 3.63) is 55.3 Å². The standard InChI is InChI=1S/C14H8Br2N2O2S/c15-9-1-3-11-8(5-9)6-12(20-11)14(19)18-17-7-10-2-4-13(16)21-10/h1-7H,(H,18,19)/b17-7-. The van der Waals surface area contributed by atoms with Gasteiger partial charge in [0.25, 0.3) is 0 Å². The van der Waals surface area contributed by atoms with Crippen molar-refractivity contribution in [1.29, 1.82) is 0 Å². The highest BCUT2D eigenvalue weighted by Crippen LogP contribution is 2.23. The average molecular weight is 428 g/mol. The molecule has 0 bridgehead atoms. The number of hydrogen-bond donors (Lipinski definition) is 1. The van der Waals surface area contributed by atoms with E-state index < -0.39 is 0 Å². The third kappa shape index (κ3) is 3.42. The lowest BCUT2D eigenvalue weighted by Crippen LogP contribution is -2.16. The Morgan fingerprint density at radius 3 is 2.86 bits per heavy atom. The molecule has 1 aromatic carbocycles. The number of carbonyl (C=O) groups is 1. The van der Waals surface area contributed by atoms with Gasteiger partial charge in [-0.05, 0) is 52.3 Å². The first-order valence-corrected chi connectivity index (χ1v) is 8.30. The third-order valence-electron chi connectivity index (χ3n) is 2.65. The molecule has 3 aromatic rings. The first-order chi connectivity index (χ1) is 10.1. The van der Waals surface area contributed by atoms with E-state index in [1.165, 1.54) is 11.3 Å². The maximum Gasteiger partial charge on any atom is 0.307 e. The van der Waals surface area contributed by atoms with Gasteiger partial charge in [-0.15, -0.1) is 11.3 Å². The van der Waals surface area contributed by atoms with Crippen LogP contribution in [0.1, 0.15) is 15.4 Å². The number of benzene rings is 1. The normalized spacial score (nSPS) is 11.3. The highest BCUT2D eigenvalue weighted by Gasteiger charge is 2.11. The number of nitrogens with one attached hydrogen (secondary N) is 1. The summed E-state index contributed by atoms with van der Waals surface area (Å²) in [6.45, 7) is 0. The van der Waals surface area contributed by atoms with Gasteiger partial charge >= 0.3 is 5.91 Å². The summed E-state index contributed by atoms with van der Waals surface area (Å²) in [6.07, 6.45) is 1.59. The molecule has 4 nitrogen and oxygen atoms in total. The molecule has 2 heterocycles. The van der Waals surface area contributed by atoms with Crippen LogP contribution in [0.3, 0.4) is 0 Å². The van der Waals surface area contributed by atoms with E-state index in [9.17, 15) is 4.79 Å². The van der Waals surface area contributed by atoms with E-state index in [4.69, 9.17) is 4.42 Å². The Balaban J connectivity index is 1.73. The Morgan fingerprint density at radius 1 is 1.24 bits per heavy atom. The van der Waals surface area contributed by atoms with Crippen molar-refractivity contribution in [2.75, 3.05) is 0 Å². The zero-order valence-electron chi connectivity index (χ0n) is 10.5. The van der Waals surface area contributed by atoms with Gasteiger partial charge < -0.3 is 4.42 Å². The number of carbonyl (C=O) groups excluding carboxylic acids is 1. The molecule has 0 unspecified atom stereocenters. The lowest BCUT2D eigenvalue weighted by atomic mass is 10.2. The molecular weight excluding hydrogens is 420 g/mol. The van der Waals surface area contributed by atoms with E-state index >= 15 is 0 Å². The van der Waals surface area contributed by atoms with E-state index in [1.54, 1.807) is 12.3 Å². The molecule has 0 fully saturated rings. The van der Waals surface area contributed by atoms with Crippen LogP contribution in [0.5, 0.6) is 0 Å². The maximum atomic E-state index is 12.0. The molecule has 106 valence electrons. The molecule has 0 spiro atoms. The van der Waals surface area contributed by atoms with Crippen molar-refractivity contribution in [1.82, 2.24) is 5.43 Å². The Labute approximate surface area is 141 Å². The van der Waals surface area contributed by atoms with Crippen LogP contribution >= 0.6 is 43.2 Å². The van der Waals surface area contributed by atoms with Crippen LogP contribution in [0.25, 0.3) is 11.0 Å². The van der Waals surface area contributed by atoms with E-state index in [2.05, 4.69) is 42.4 Å². The second-order valence-corrected chi connectivity index (χ2v) is 7.54. The number of furan rings is 1. The van der Waals surface area contributed by atoms with Crippen LogP contribution in [0.2, 0.25) is 0 Å². The van der Waals surface area contributed by atoms with E-state index in [0.29, 0.717) is 5.58 Å². The summed E-state index contributed by atoms with van der Waals surface area (Å²) in [7, 11) is 0. The molecule has 3 rings (SSSR count). The zero-order chi connectivity index (χ0) is 14.8. The monoisotopic (exact) mass is 426 g/mol. The van der Waals surface area contributed by atoms with Crippen LogP contribution < -0.4 is 5.43 Å². The third-order valence-corrected chi connectivity index (χ3v) is 4.71. The number of nitrogens with zero attached hydrogens (tertiary/aromatic N) is 1. The van der Waals surface area contributed by atoms with Gasteiger partial charge in [0.2, 0.25) is 0 Å². The van der Waals surface area contributed by atoms with Crippen molar-refractivity contribution >= 4 is 66.3 Å². The summed E-state index contributed by atoms with van der Waals surface area (Å²) in [5, 5.41) is 4.78. The molecule has 0 aliphatic rings. The van der Waals surface area contributed by atoms with Crippen LogP contribution in [-0.4, -0.2) is 12.1 Å². The van der Waals surface area contributed by atoms with E-state index in [0.717, 1.165) is 18.5 Å². The quantitative estimate of drug-likeness (QED) is 0.482. The highest BCUT2D eigenvalue weighted by molar-refractivity contribution is 9.11. The van der Waals surface area contributed by atoms with Crippen molar-refractivity contribution in [3.8, 4) is 0 Å². The van der Waals surface area contributed by atoms with Crippen molar-refractivity contribution in [2.24, 2.45) is 5.10 Å². The molecule has 0 aliphatic carbocycles. The Bertz CT molecular complexity index is 838. The number of hydrogen-bond acceptors (Lipinski definition) is 4. The van der Waals surface area contributed by atoms with Crippen LogP contribution in [0.15, 0.2) is 54.2 Å². The summed E-state index contributed by atoms with van der Waals surface area (Å²) in [4.78, 5) is 12.9. The fraction of sp³-hybridized carbons (Fsp3) is 0. The minimum Gasteiger partial charge on any atom is -0.451 e. The van der Waals surface area contributed by atoms with Crippen LogP contribution in [-0.2, 0) is 0 Å². The Kier molecular flexibility index (Phi) is 4.23. The Hall–Kier alpha value is -1.44. The zero-order valence-corrected chi connectivity index (χ0v) is 14.5. The second-order valence-electron chi connectivity index (χ2n) is 4.13. The molecule has 0 aliphatic heterocycles. The predicted molar refractivity (Wildman–Crippen MR) is 91.0 cm³/mol.